The number of nitrogens with zero attached hydrogens (tertiary/aromatic N) is 1. The molecule has 1 aromatic heterocycles. The van der Waals surface area contributed by atoms with E-state index in [0.29, 0.717) is 5.01 Å². The Morgan fingerprint density at radius 2 is 1.87 bits per heavy atom. The van der Waals surface area contributed by atoms with E-state index in [2.05, 4.69) is 10.3 Å². The number of alkyl halides is 3. The number of carbonyl (C=O) groups excluding carboxylic acids is 1. The maximum atomic E-state index is 13.6. The van der Waals surface area contributed by atoms with E-state index < -0.39 is 27.5 Å². The lowest BCUT2D eigenvalue weighted by Gasteiger charge is -2.14. The molecule has 0 radical (unpaired) electrons. The van der Waals surface area contributed by atoms with E-state index in [1.54, 1.807) is 6.92 Å². The molecule has 0 saturated heterocycles. The summed E-state index contributed by atoms with van der Waals surface area (Å²) in [5.41, 5.74) is -1.00. The number of halogens is 4. The molecule has 3 aromatic rings. The Morgan fingerprint density at radius 3 is 2.40 bits per heavy atom. The molecule has 0 atom stereocenters. The molecular formula is C19H14ClF3N2O3S2. The van der Waals surface area contributed by atoms with Gasteiger partial charge in [-0.3, -0.25) is 4.79 Å². The number of thiazole rings is 1. The van der Waals surface area contributed by atoms with Crippen molar-refractivity contribution >= 4 is 44.4 Å². The highest BCUT2D eigenvalue weighted by Gasteiger charge is 2.34. The number of anilines is 1. The number of nitrogens with one attached hydrogen (secondary N) is 1. The van der Waals surface area contributed by atoms with E-state index in [1.807, 2.05) is 0 Å². The van der Waals surface area contributed by atoms with Gasteiger partial charge in [-0.2, -0.15) is 13.2 Å². The summed E-state index contributed by atoms with van der Waals surface area (Å²) < 4.78 is 63.9. The number of aromatic nitrogens is 1. The van der Waals surface area contributed by atoms with Crippen molar-refractivity contribution in [2.24, 2.45) is 0 Å². The first-order valence-corrected chi connectivity index (χ1v) is 11.5. The second-order valence-electron chi connectivity index (χ2n) is 6.38. The van der Waals surface area contributed by atoms with Crippen molar-refractivity contribution in [2.75, 3.05) is 11.6 Å². The normalized spacial score (nSPS) is 12.1. The smallest absolute Gasteiger partial charge is 0.322 e. The monoisotopic (exact) mass is 474 g/mol. The maximum absolute atomic E-state index is 13.6. The summed E-state index contributed by atoms with van der Waals surface area (Å²) in [6.07, 6.45) is -3.68. The lowest BCUT2D eigenvalue weighted by atomic mass is 10.0. The van der Waals surface area contributed by atoms with Gasteiger partial charge in [-0.05, 0) is 37.3 Å². The molecule has 158 valence electrons. The fraction of sp³-hybridized carbons (Fsp3) is 0.158. The molecule has 0 aliphatic carbocycles. The third-order valence-electron chi connectivity index (χ3n) is 4.09. The zero-order valence-corrected chi connectivity index (χ0v) is 17.9. The van der Waals surface area contributed by atoms with Crippen LogP contribution in [0.1, 0.15) is 20.9 Å². The highest BCUT2D eigenvalue weighted by Crippen LogP contribution is 2.39. The summed E-state index contributed by atoms with van der Waals surface area (Å²) in [4.78, 5) is 16.5. The van der Waals surface area contributed by atoms with Crippen LogP contribution in [0.3, 0.4) is 0 Å². The third kappa shape index (κ3) is 4.82. The van der Waals surface area contributed by atoms with Crippen molar-refractivity contribution in [3.05, 3.63) is 62.9 Å². The minimum Gasteiger partial charge on any atom is -0.322 e. The van der Waals surface area contributed by atoms with Gasteiger partial charge in [0.2, 0.25) is 0 Å². The number of rotatable bonds is 4. The number of hydrogen-bond acceptors (Lipinski definition) is 5. The van der Waals surface area contributed by atoms with Crippen LogP contribution in [0.15, 0.2) is 46.7 Å². The molecule has 0 unspecified atom stereocenters. The molecule has 0 fully saturated rings. The van der Waals surface area contributed by atoms with Gasteiger partial charge in [-0.25, -0.2) is 13.4 Å². The predicted octanol–water partition coefficient (Wildman–Crippen LogP) is 5.45. The fourth-order valence-electron chi connectivity index (χ4n) is 2.68. The molecule has 0 bridgehead atoms. The van der Waals surface area contributed by atoms with Crippen LogP contribution in [0.5, 0.6) is 0 Å². The Labute approximate surface area is 179 Å². The number of benzene rings is 2. The van der Waals surface area contributed by atoms with Crippen molar-refractivity contribution in [2.45, 2.75) is 18.0 Å². The van der Waals surface area contributed by atoms with E-state index in [0.717, 1.165) is 18.4 Å². The van der Waals surface area contributed by atoms with Gasteiger partial charge in [0.05, 0.1) is 31.7 Å². The summed E-state index contributed by atoms with van der Waals surface area (Å²) in [6.45, 7) is 1.69. The average Bonchev–Trinajstić information content (AvgIpc) is 3.06. The van der Waals surface area contributed by atoms with Crippen molar-refractivity contribution in [1.29, 1.82) is 0 Å². The van der Waals surface area contributed by atoms with Crippen LogP contribution in [-0.4, -0.2) is 25.6 Å². The van der Waals surface area contributed by atoms with Crippen LogP contribution >= 0.6 is 22.9 Å². The number of carbonyl (C=O) groups is 1. The number of amides is 1. The van der Waals surface area contributed by atoms with Gasteiger partial charge in [0.1, 0.15) is 0 Å². The molecular weight excluding hydrogens is 461 g/mol. The van der Waals surface area contributed by atoms with E-state index in [-0.39, 0.29) is 32.4 Å². The van der Waals surface area contributed by atoms with Crippen molar-refractivity contribution in [3.63, 3.8) is 0 Å². The van der Waals surface area contributed by atoms with Crippen LogP contribution in [0.25, 0.3) is 11.3 Å². The van der Waals surface area contributed by atoms with E-state index in [4.69, 9.17) is 11.6 Å². The topological polar surface area (TPSA) is 76.1 Å². The van der Waals surface area contributed by atoms with Crippen molar-refractivity contribution in [1.82, 2.24) is 4.98 Å². The Morgan fingerprint density at radius 1 is 1.17 bits per heavy atom. The lowest BCUT2D eigenvalue weighted by Crippen LogP contribution is -2.14. The molecule has 1 amide bonds. The highest BCUT2D eigenvalue weighted by atomic mass is 35.5. The van der Waals surface area contributed by atoms with Crippen LogP contribution < -0.4 is 5.32 Å². The molecule has 30 heavy (non-hydrogen) atoms. The molecule has 0 aliphatic rings. The Kier molecular flexibility index (Phi) is 5.94. The summed E-state index contributed by atoms with van der Waals surface area (Å²) in [5, 5.41) is 4.38. The van der Waals surface area contributed by atoms with Crippen molar-refractivity contribution < 1.29 is 26.4 Å². The third-order valence-corrected chi connectivity index (χ3v) is 6.29. The quantitative estimate of drug-likeness (QED) is 0.545. The molecule has 5 nitrogen and oxygen atoms in total. The summed E-state index contributed by atoms with van der Waals surface area (Å²) >= 11 is 7.23. The average molecular weight is 475 g/mol. The van der Waals surface area contributed by atoms with Crippen LogP contribution in [0.2, 0.25) is 5.02 Å². The predicted molar refractivity (Wildman–Crippen MR) is 110 cm³/mol. The van der Waals surface area contributed by atoms with E-state index >= 15 is 0 Å². The van der Waals surface area contributed by atoms with Gasteiger partial charge < -0.3 is 5.32 Å². The standard InChI is InChI=1S/C19H14ClF3N2O3S2/c1-10-24-17(9-29-10)13-5-3-11(7-15(13)19(21,22)23)25-18(26)14-6-4-12(8-16(14)20)30(2,27)28/h3-9H,1-2H3,(H,25,26). The Bertz CT molecular complexity index is 1240. The SMILES string of the molecule is Cc1nc(-c2ccc(NC(=O)c3ccc(S(C)(=O)=O)cc3Cl)cc2C(F)(F)F)cs1. The molecule has 1 N–H and O–H groups in total. The van der Waals surface area contributed by atoms with Gasteiger partial charge >= 0.3 is 6.18 Å². The number of sulfone groups is 1. The van der Waals surface area contributed by atoms with Gasteiger partial charge in [-0.1, -0.05) is 17.7 Å². The molecule has 2 aromatic carbocycles. The van der Waals surface area contributed by atoms with Crippen LogP contribution in [0.4, 0.5) is 18.9 Å². The largest absolute Gasteiger partial charge is 0.417 e. The van der Waals surface area contributed by atoms with Crippen molar-refractivity contribution in [3.8, 4) is 11.3 Å². The molecule has 3 rings (SSSR count). The van der Waals surface area contributed by atoms with E-state index in [1.165, 1.54) is 41.0 Å². The molecule has 0 spiro atoms. The van der Waals surface area contributed by atoms with Gasteiger partial charge in [0.15, 0.2) is 9.84 Å². The molecule has 0 aliphatic heterocycles. The van der Waals surface area contributed by atoms with Gasteiger partial charge in [0.25, 0.3) is 5.91 Å². The van der Waals surface area contributed by atoms with E-state index in [9.17, 15) is 26.4 Å². The Balaban J connectivity index is 1.95. The zero-order valence-electron chi connectivity index (χ0n) is 15.5. The second-order valence-corrected chi connectivity index (χ2v) is 9.86. The van der Waals surface area contributed by atoms with Crippen LogP contribution in [0, 0.1) is 6.92 Å². The zero-order chi connectivity index (χ0) is 22.3. The van der Waals surface area contributed by atoms with Gasteiger partial charge in [0, 0.05) is 22.9 Å². The highest BCUT2D eigenvalue weighted by molar-refractivity contribution is 7.90. The molecule has 0 saturated carbocycles. The summed E-state index contributed by atoms with van der Waals surface area (Å²) in [6, 6.07) is 6.90. The minimum atomic E-state index is -4.66. The summed E-state index contributed by atoms with van der Waals surface area (Å²) in [5.74, 6) is -0.773. The number of hydrogen-bond donors (Lipinski definition) is 1. The summed E-state index contributed by atoms with van der Waals surface area (Å²) in [7, 11) is -3.52. The molecule has 1 heterocycles. The van der Waals surface area contributed by atoms with Crippen LogP contribution in [-0.2, 0) is 16.0 Å². The second kappa shape index (κ2) is 8.01. The van der Waals surface area contributed by atoms with Gasteiger partial charge in [-0.15, -0.1) is 11.3 Å². The first kappa shape index (κ1) is 22.3. The Hall–Kier alpha value is -2.43. The lowest BCUT2D eigenvalue weighted by molar-refractivity contribution is -0.137. The minimum absolute atomic E-state index is 0.0724. The first-order chi connectivity index (χ1) is 13.9. The molecule has 11 heteroatoms. The first-order valence-electron chi connectivity index (χ1n) is 8.31. The number of aryl methyl sites for hydroxylation is 1. The maximum Gasteiger partial charge on any atom is 0.417 e. The fourth-order valence-corrected chi connectivity index (χ4v) is 4.27.